The van der Waals surface area contributed by atoms with Crippen molar-refractivity contribution in [2.75, 3.05) is 0 Å². The van der Waals surface area contributed by atoms with Gasteiger partial charge in [0.25, 0.3) is 0 Å². The summed E-state index contributed by atoms with van der Waals surface area (Å²) in [5.41, 5.74) is 10.9. The topological polar surface area (TPSA) is 17.8 Å². The van der Waals surface area contributed by atoms with Crippen molar-refractivity contribution in [1.29, 1.82) is 0 Å². The van der Waals surface area contributed by atoms with Crippen LogP contribution in [0.2, 0.25) is 0 Å². The van der Waals surface area contributed by atoms with Crippen LogP contribution in [0.5, 0.6) is 0 Å². The predicted molar refractivity (Wildman–Crippen MR) is 280 cm³/mol. The van der Waals surface area contributed by atoms with E-state index in [4.69, 9.17) is 107 Å². The fourth-order valence-corrected chi connectivity index (χ4v) is 9.72. The first-order valence-corrected chi connectivity index (χ1v) is 20.1. The van der Waals surface area contributed by atoms with Crippen LogP contribution in [-0.4, -0.2) is 112 Å². The number of nitrogens with zero attached hydrogens (tertiary/aromatic N) is 2. The van der Waals surface area contributed by atoms with Crippen LogP contribution in [0.15, 0.2) is 91.0 Å². The van der Waals surface area contributed by atoms with Gasteiger partial charge in [-0.15, -0.1) is 38.2 Å². The number of rotatable bonds is 4. The molecular weight excluding hydrogens is 745 g/mol. The summed E-state index contributed by atoms with van der Waals surface area (Å²) in [4.78, 5) is 5.08. The van der Waals surface area contributed by atoms with E-state index in [-0.39, 0.29) is 76.4 Å². The molecule has 8 aromatic carbocycles. The van der Waals surface area contributed by atoms with Gasteiger partial charge < -0.3 is 0 Å². The molecule has 0 bridgehead atoms. The van der Waals surface area contributed by atoms with Crippen LogP contribution in [0.3, 0.4) is 0 Å². The van der Waals surface area contributed by atoms with E-state index in [1.165, 1.54) is 5.56 Å². The number of hydrogen-bond donors (Lipinski definition) is 0. The number of fused-ring (bicyclic) bond motifs is 6. The monoisotopic (exact) mass is 768 g/mol. The molecule has 0 spiro atoms. The molecule has 1 aliphatic carbocycles. The highest BCUT2D eigenvalue weighted by molar-refractivity contribution is 6.72. The van der Waals surface area contributed by atoms with E-state index >= 15 is 0 Å². The smallest absolute Gasteiger partial charge is 0.145 e. The summed E-state index contributed by atoms with van der Waals surface area (Å²) in [5.74, 6) is 0.458. The van der Waals surface area contributed by atoms with Crippen LogP contribution in [0, 0.1) is 0 Å². The molecule has 0 aliphatic heterocycles. The SMILES string of the molecule is [B]c1c([B])c([B])c(-n2c(-c3cccc(-c4c5c([B])c([B])c([B])c([B])c5c(-c5ccc6c(c5)C(C)(C)c5ccccc5-6)c5c([B])c([B])c([B])c([B])c45)c3)nc3ccccc32)c([B])c1[B]. The zero-order valence-corrected chi connectivity index (χ0v) is 34.6. The molecule has 0 fully saturated rings. The number of imidazole rings is 1. The molecule has 262 valence electrons. The highest BCUT2D eigenvalue weighted by Crippen LogP contribution is 2.50. The van der Waals surface area contributed by atoms with Crippen LogP contribution in [0.4, 0.5) is 0 Å². The molecule has 1 heterocycles. The van der Waals surface area contributed by atoms with Crippen LogP contribution in [-0.2, 0) is 5.41 Å². The largest absolute Gasteiger partial charge is 0.294 e. The molecule has 0 atom stereocenters. The van der Waals surface area contributed by atoms with E-state index in [1.807, 2.05) is 65.2 Å². The van der Waals surface area contributed by atoms with Crippen molar-refractivity contribution in [1.82, 2.24) is 9.55 Å². The number of para-hydroxylation sites is 2. The first kappa shape index (κ1) is 41.6. The minimum Gasteiger partial charge on any atom is -0.294 e. The molecule has 0 unspecified atom stereocenters. The maximum Gasteiger partial charge on any atom is 0.145 e. The van der Waals surface area contributed by atoms with E-state index in [2.05, 4.69) is 44.2 Å². The van der Waals surface area contributed by atoms with Crippen LogP contribution >= 0.6 is 0 Å². The Labute approximate surface area is 384 Å². The van der Waals surface area contributed by atoms with Gasteiger partial charge in [0, 0.05) is 16.7 Å². The highest BCUT2D eigenvalue weighted by Gasteiger charge is 2.36. The second kappa shape index (κ2) is 14.6. The van der Waals surface area contributed by atoms with Crippen LogP contribution in [0.1, 0.15) is 25.0 Å². The van der Waals surface area contributed by atoms with Crippen LogP contribution in [0.25, 0.3) is 83.0 Å². The van der Waals surface area contributed by atoms with Crippen molar-refractivity contribution in [3.63, 3.8) is 0 Å². The summed E-state index contributed by atoms with van der Waals surface area (Å²) < 4.78 is 1.81. The van der Waals surface area contributed by atoms with Crippen molar-refractivity contribution in [3.05, 3.63) is 102 Å². The third kappa shape index (κ3) is 5.73. The lowest BCUT2D eigenvalue weighted by Gasteiger charge is -2.29. The summed E-state index contributed by atoms with van der Waals surface area (Å²) in [6.07, 6.45) is 0. The quantitative estimate of drug-likeness (QED) is 0.138. The number of benzene rings is 8. The van der Waals surface area contributed by atoms with Crippen molar-refractivity contribution in [2.24, 2.45) is 0 Å². The Hall–Kier alpha value is -5.41. The Morgan fingerprint density at radius 2 is 0.841 bits per heavy atom. The molecule has 0 N–H and O–H groups in total. The Bertz CT molecular complexity index is 3430. The minimum absolute atomic E-state index is 0.0890. The fourth-order valence-electron chi connectivity index (χ4n) is 9.72. The number of aromatic nitrogens is 2. The fraction of sp³-hybridized carbons (Fsp3) is 0.0625. The first-order valence-electron chi connectivity index (χ1n) is 20.1. The molecule has 1 aliphatic rings. The average molecular weight is 766 g/mol. The zero-order chi connectivity index (χ0) is 44.7. The van der Waals surface area contributed by atoms with Crippen molar-refractivity contribution in [3.8, 4) is 50.5 Å². The maximum atomic E-state index is 7.12. The van der Waals surface area contributed by atoms with E-state index in [9.17, 15) is 0 Å². The van der Waals surface area contributed by atoms with Gasteiger partial charge in [-0.05, 0) is 90.3 Å². The molecule has 15 heteroatoms. The summed E-state index contributed by atoms with van der Waals surface area (Å²) in [5, 5.41) is 1.99. The summed E-state index contributed by atoms with van der Waals surface area (Å²) in [6, 6.07) is 29.8. The molecule has 0 saturated carbocycles. The van der Waals surface area contributed by atoms with E-state index in [1.54, 1.807) is 0 Å². The van der Waals surface area contributed by atoms with Crippen molar-refractivity contribution < 1.29 is 0 Å². The number of hydrogen-bond acceptors (Lipinski definition) is 1. The summed E-state index contributed by atoms with van der Waals surface area (Å²) in [6.45, 7) is 4.41. The molecule has 9 aromatic rings. The normalized spacial score (nSPS) is 12.9. The Morgan fingerprint density at radius 3 is 1.41 bits per heavy atom. The second-order valence-electron chi connectivity index (χ2n) is 16.7. The lowest BCUT2D eigenvalue weighted by molar-refractivity contribution is 0.660. The third-order valence-corrected chi connectivity index (χ3v) is 13.1. The molecule has 0 amide bonds. The minimum atomic E-state index is -0.342. The Kier molecular flexibility index (Phi) is 9.62. The van der Waals surface area contributed by atoms with Gasteiger partial charge >= 0.3 is 0 Å². The highest BCUT2D eigenvalue weighted by atomic mass is 15.1. The van der Waals surface area contributed by atoms with Gasteiger partial charge in [0.1, 0.15) is 108 Å². The molecule has 63 heavy (non-hydrogen) atoms. The maximum absolute atomic E-state index is 7.12. The van der Waals surface area contributed by atoms with Gasteiger partial charge in [0.05, 0.1) is 11.0 Å². The molecule has 2 nitrogen and oxygen atoms in total. The second-order valence-corrected chi connectivity index (χ2v) is 16.7. The van der Waals surface area contributed by atoms with Gasteiger partial charge in [0.2, 0.25) is 0 Å². The lowest BCUT2D eigenvalue weighted by atomic mass is 9.59. The lowest BCUT2D eigenvalue weighted by Crippen LogP contribution is -2.56. The van der Waals surface area contributed by atoms with Crippen LogP contribution < -0.4 is 71.0 Å². The third-order valence-electron chi connectivity index (χ3n) is 13.1. The summed E-state index contributed by atoms with van der Waals surface area (Å²) >= 11 is 0. The molecule has 26 radical (unpaired) electrons. The van der Waals surface area contributed by atoms with E-state index < -0.39 is 0 Å². The first-order chi connectivity index (χ1) is 30.0. The standard InChI is InChI=1S/C48H21B13N2/c1-48(2)23-11-4-3-10-21(23)22-15-14-19(17-24(22)48)28-31-29(33(49)37(53)39(55)35(31)51)27(30-32(28)36(52)40(56)38(54)34(30)50)18-8-7-9-20(16-18)47-62-25-12-5-6-13-26(25)63(47)46-44(60)42(58)41(57)43(59)45(46)61/h3-17H,1-2H3. The summed E-state index contributed by atoms with van der Waals surface area (Å²) in [7, 11) is 87.8. The van der Waals surface area contributed by atoms with Gasteiger partial charge in [-0.3, -0.25) is 4.57 Å². The molecular formula is C48H21B13N2. The van der Waals surface area contributed by atoms with Crippen molar-refractivity contribution >= 4 is 206 Å². The van der Waals surface area contributed by atoms with Crippen molar-refractivity contribution in [2.45, 2.75) is 19.3 Å². The average Bonchev–Trinajstić information content (AvgIpc) is 3.78. The Morgan fingerprint density at radius 1 is 0.397 bits per heavy atom. The predicted octanol–water partition coefficient (Wildman–Crippen LogP) is -3.04. The van der Waals surface area contributed by atoms with Gasteiger partial charge in [-0.2, -0.15) is 0 Å². The molecule has 0 saturated heterocycles. The van der Waals surface area contributed by atoms with Gasteiger partial charge in [-0.25, -0.2) is 4.98 Å². The van der Waals surface area contributed by atoms with Gasteiger partial charge in [0.15, 0.2) is 0 Å². The molecule has 1 aromatic heterocycles. The zero-order valence-electron chi connectivity index (χ0n) is 34.6. The van der Waals surface area contributed by atoms with E-state index in [0.29, 0.717) is 66.3 Å². The van der Waals surface area contributed by atoms with Gasteiger partial charge in [-0.1, -0.05) is 113 Å². The molecule has 10 rings (SSSR count). The Balaban J connectivity index is 1.34. The van der Waals surface area contributed by atoms with E-state index in [0.717, 1.165) is 22.3 Å².